The molecule has 144 valence electrons. The fourth-order valence-corrected chi connectivity index (χ4v) is 3.71. The molecule has 0 atom stereocenters. The standard InChI is InChI=1S/C20H17ClFN3O2S/c1-12-19(20(27)23-11-13-5-3-2-4-6-13)28-18(24-12)10-17(26)25-16-8-7-14(22)9-15(16)21/h2-9H,10-11H2,1H3,(H,23,27)(H,25,26). The van der Waals surface area contributed by atoms with E-state index in [2.05, 4.69) is 15.6 Å². The summed E-state index contributed by atoms with van der Waals surface area (Å²) in [6.45, 7) is 2.14. The number of aromatic nitrogens is 1. The van der Waals surface area contributed by atoms with Crippen molar-refractivity contribution in [3.8, 4) is 0 Å². The van der Waals surface area contributed by atoms with Crippen molar-refractivity contribution in [1.82, 2.24) is 10.3 Å². The normalized spacial score (nSPS) is 10.5. The van der Waals surface area contributed by atoms with Crippen molar-refractivity contribution in [2.24, 2.45) is 0 Å². The molecule has 0 aliphatic rings. The maximum Gasteiger partial charge on any atom is 0.263 e. The van der Waals surface area contributed by atoms with E-state index in [9.17, 15) is 14.0 Å². The monoisotopic (exact) mass is 417 g/mol. The van der Waals surface area contributed by atoms with Gasteiger partial charge in [-0.15, -0.1) is 11.3 Å². The quantitative estimate of drug-likeness (QED) is 0.626. The first-order valence-corrected chi connectivity index (χ1v) is 9.65. The molecule has 0 saturated heterocycles. The molecule has 5 nitrogen and oxygen atoms in total. The second-order valence-electron chi connectivity index (χ2n) is 6.04. The summed E-state index contributed by atoms with van der Waals surface area (Å²) in [6.07, 6.45) is -0.00875. The number of hydrogen-bond donors (Lipinski definition) is 2. The lowest BCUT2D eigenvalue weighted by molar-refractivity contribution is -0.115. The molecular weight excluding hydrogens is 401 g/mol. The van der Waals surface area contributed by atoms with Crippen molar-refractivity contribution >= 4 is 40.4 Å². The number of anilines is 1. The Kier molecular flexibility index (Phi) is 6.38. The zero-order valence-corrected chi connectivity index (χ0v) is 16.5. The number of amides is 2. The molecule has 2 aromatic carbocycles. The van der Waals surface area contributed by atoms with Gasteiger partial charge < -0.3 is 10.6 Å². The van der Waals surface area contributed by atoms with Crippen molar-refractivity contribution in [1.29, 1.82) is 0 Å². The summed E-state index contributed by atoms with van der Waals surface area (Å²) < 4.78 is 13.1. The van der Waals surface area contributed by atoms with Gasteiger partial charge in [0.25, 0.3) is 5.91 Å². The van der Waals surface area contributed by atoms with Crippen LogP contribution in [0.5, 0.6) is 0 Å². The first-order chi connectivity index (χ1) is 13.4. The highest BCUT2D eigenvalue weighted by Crippen LogP contribution is 2.23. The highest BCUT2D eigenvalue weighted by Gasteiger charge is 2.17. The smallest absolute Gasteiger partial charge is 0.263 e. The van der Waals surface area contributed by atoms with Crippen LogP contribution >= 0.6 is 22.9 Å². The maximum absolute atomic E-state index is 13.1. The molecule has 0 saturated carbocycles. The van der Waals surface area contributed by atoms with E-state index in [-0.39, 0.29) is 23.3 Å². The second-order valence-corrected chi connectivity index (χ2v) is 7.53. The van der Waals surface area contributed by atoms with Gasteiger partial charge >= 0.3 is 0 Å². The zero-order chi connectivity index (χ0) is 20.1. The van der Waals surface area contributed by atoms with Crippen LogP contribution in [0.4, 0.5) is 10.1 Å². The van der Waals surface area contributed by atoms with Crippen LogP contribution in [-0.2, 0) is 17.8 Å². The molecule has 1 heterocycles. The summed E-state index contributed by atoms with van der Waals surface area (Å²) in [6, 6.07) is 13.3. The second kappa shape index (κ2) is 8.95. The maximum atomic E-state index is 13.1. The number of carbonyl (C=O) groups excluding carboxylic acids is 2. The van der Waals surface area contributed by atoms with Crippen LogP contribution in [0.3, 0.4) is 0 Å². The lowest BCUT2D eigenvalue weighted by Crippen LogP contribution is -2.22. The number of aryl methyl sites for hydroxylation is 1. The van der Waals surface area contributed by atoms with Crippen molar-refractivity contribution in [3.63, 3.8) is 0 Å². The molecule has 0 fully saturated rings. The van der Waals surface area contributed by atoms with E-state index in [1.807, 2.05) is 30.3 Å². The minimum Gasteiger partial charge on any atom is -0.347 e. The van der Waals surface area contributed by atoms with Gasteiger partial charge in [-0.05, 0) is 30.7 Å². The number of rotatable bonds is 6. The average molecular weight is 418 g/mol. The summed E-state index contributed by atoms with van der Waals surface area (Å²) in [7, 11) is 0. The summed E-state index contributed by atoms with van der Waals surface area (Å²) in [4.78, 5) is 29.4. The molecule has 2 N–H and O–H groups in total. The van der Waals surface area contributed by atoms with Gasteiger partial charge in [-0.2, -0.15) is 0 Å². The fraction of sp³-hybridized carbons (Fsp3) is 0.150. The van der Waals surface area contributed by atoms with E-state index in [1.165, 1.54) is 23.5 Å². The Morgan fingerprint density at radius 3 is 2.64 bits per heavy atom. The molecule has 3 aromatic rings. The largest absolute Gasteiger partial charge is 0.347 e. The van der Waals surface area contributed by atoms with E-state index in [1.54, 1.807) is 6.92 Å². The Hall–Kier alpha value is -2.77. The molecule has 0 aliphatic heterocycles. The van der Waals surface area contributed by atoms with Crippen LogP contribution in [0.2, 0.25) is 5.02 Å². The molecule has 0 unspecified atom stereocenters. The Labute approximate surface area is 170 Å². The highest BCUT2D eigenvalue weighted by atomic mass is 35.5. The highest BCUT2D eigenvalue weighted by molar-refractivity contribution is 7.13. The van der Waals surface area contributed by atoms with Gasteiger partial charge in [0.1, 0.15) is 15.7 Å². The lowest BCUT2D eigenvalue weighted by Gasteiger charge is -2.06. The number of hydrogen-bond acceptors (Lipinski definition) is 4. The number of thiazole rings is 1. The van der Waals surface area contributed by atoms with E-state index in [4.69, 9.17) is 11.6 Å². The SMILES string of the molecule is Cc1nc(CC(=O)Nc2ccc(F)cc2Cl)sc1C(=O)NCc1ccccc1. The molecule has 0 bridgehead atoms. The van der Waals surface area contributed by atoms with Crippen LogP contribution in [0.25, 0.3) is 0 Å². The molecule has 0 aliphatic carbocycles. The summed E-state index contributed by atoms with van der Waals surface area (Å²) >= 11 is 7.08. The molecule has 3 rings (SSSR count). The van der Waals surface area contributed by atoms with Crippen LogP contribution in [0, 0.1) is 12.7 Å². The van der Waals surface area contributed by atoms with Gasteiger partial charge in [-0.3, -0.25) is 9.59 Å². The predicted molar refractivity (Wildman–Crippen MR) is 108 cm³/mol. The number of carbonyl (C=O) groups is 2. The third-order valence-electron chi connectivity index (χ3n) is 3.86. The van der Waals surface area contributed by atoms with Crippen molar-refractivity contribution in [3.05, 3.63) is 80.5 Å². The Bertz CT molecular complexity index is 1010. The fourth-order valence-electron chi connectivity index (χ4n) is 2.52. The van der Waals surface area contributed by atoms with E-state index >= 15 is 0 Å². The Morgan fingerprint density at radius 1 is 1.18 bits per heavy atom. The summed E-state index contributed by atoms with van der Waals surface area (Å²) in [5, 5.41) is 6.10. The topological polar surface area (TPSA) is 71.1 Å². The molecular formula is C20H17ClFN3O2S. The van der Waals surface area contributed by atoms with E-state index < -0.39 is 5.82 Å². The Balaban J connectivity index is 1.61. The molecule has 0 spiro atoms. The molecule has 0 radical (unpaired) electrons. The summed E-state index contributed by atoms with van der Waals surface area (Å²) in [5.74, 6) is -1.06. The van der Waals surface area contributed by atoms with Crippen LogP contribution in [0.15, 0.2) is 48.5 Å². The van der Waals surface area contributed by atoms with Crippen LogP contribution in [-0.4, -0.2) is 16.8 Å². The average Bonchev–Trinajstić information content (AvgIpc) is 3.03. The number of halogens is 2. The van der Waals surface area contributed by atoms with Gasteiger partial charge in [0.15, 0.2) is 0 Å². The predicted octanol–water partition coefficient (Wildman–Crippen LogP) is 4.36. The third-order valence-corrected chi connectivity index (χ3v) is 5.33. The van der Waals surface area contributed by atoms with Crippen LogP contribution < -0.4 is 10.6 Å². The van der Waals surface area contributed by atoms with Crippen molar-refractivity contribution in [2.75, 3.05) is 5.32 Å². The zero-order valence-electron chi connectivity index (χ0n) is 15.0. The molecule has 28 heavy (non-hydrogen) atoms. The van der Waals surface area contributed by atoms with Gasteiger partial charge in [0, 0.05) is 6.54 Å². The van der Waals surface area contributed by atoms with Gasteiger partial charge in [-0.1, -0.05) is 41.9 Å². The molecule has 2 amide bonds. The van der Waals surface area contributed by atoms with Crippen molar-refractivity contribution < 1.29 is 14.0 Å². The minimum atomic E-state index is -0.482. The van der Waals surface area contributed by atoms with Gasteiger partial charge in [0.2, 0.25) is 5.91 Å². The van der Waals surface area contributed by atoms with Gasteiger partial charge in [0.05, 0.1) is 22.8 Å². The lowest BCUT2D eigenvalue weighted by atomic mass is 10.2. The first kappa shape index (κ1) is 20.0. The van der Waals surface area contributed by atoms with Crippen molar-refractivity contribution in [2.45, 2.75) is 19.9 Å². The molecule has 1 aromatic heterocycles. The third kappa shape index (κ3) is 5.15. The summed E-state index contributed by atoms with van der Waals surface area (Å²) in [5.41, 5.74) is 1.88. The number of nitrogens with one attached hydrogen (secondary N) is 2. The first-order valence-electron chi connectivity index (χ1n) is 8.45. The van der Waals surface area contributed by atoms with Gasteiger partial charge in [-0.25, -0.2) is 9.37 Å². The minimum absolute atomic E-state index is 0.00875. The van der Waals surface area contributed by atoms with E-state index in [0.29, 0.717) is 27.8 Å². The number of nitrogens with zero attached hydrogens (tertiary/aromatic N) is 1. The van der Waals surface area contributed by atoms with Crippen LogP contribution in [0.1, 0.15) is 25.9 Å². The van der Waals surface area contributed by atoms with E-state index in [0.717, 1.165) is 11.6 Å². The Morgan fingerprint density at radius 2 is 1.93 bits per heavy atom. The molecule has 8 heteroatoms. The number of benzene rings is 2.